The molecule has 2 nitrogen and oxygen atoms in total. The molecule has 2 bridgehead atoms. The standard InChI is InChI=1S/C9H14O2/c10-5-7-3-6-1-2-8(7)9(11)4-6/h6-8,10H,1-5H2. The fraction of sp³-hybridized carbons (Fsp3) is 0.889. The number of Topliss-reactive ketones (excluding diaryl/α,β-unsaturated/α-hetero) is 1. The van der Waals surface area contributed by atoms with Gasteiger partial charge in [0.15, 0.2) is 0 Å². The minimum Gasteiger partial charge on any atom is -0.396 e. The Kier molecular flexibility index (Phi) is 1.72. The van der Waals surface area contributed by atoms with E-state index in [-0.39, 0.29) is 12.5 Å². The second kappa shape index (κ2) is 2.59. The van der Waals surface area contributed by atoms with E-state index in [9.17, 15) is 4.79 Å². The monoisotopic (exact) mass is 154 g/mol. The molecule has 3 aliphatic carbocycles. The van der Waals surface area contributed by atoms with Crippen LogP contribution < -0.4 is 0 Å². The molecular formula is C9H14O2. The molecule has 3 aliphatic rings. The van der Waals surface area contributed by atoms with Crippen LogP contribution in [0.3, 0.4) is 0 Å². The van der Waals surface area contributed by atoms with E-state index in [1.54, 1.807) is 0 Å². The Labute approximate surface area is 66.6 Å². The molecule has 0 saturated heterocycles. The van der Waals surface area contributed by atoms with Crippen LogP contribution in [0.5, 0.6) is 0 Å². The number of rotatable bonds is 1. The molecule has 1 N–H and O–H groups in total. The molecule has 0 radical (unpaired) electrons. The lowest BCUT2D eigenvalue weighted by atomic mass is 9.64. The van der Waals surface area contributed by atoms with Gasteiger partial charge in [0, 0.05) is 18.9 Å². The van der Waals surface area contributed by atoms with Crippen molar-refractivity contribution in [2.45, 2.75) is 25.7 Å². The summed E-state index contributed by atoms with van der Waals surface area (Å²) in [6.07, 6.45) is 4.13. The van der Waals surface area contributed by atoms with Gasteiger partial charge < -0.3 is 5.11 Å². The van der Waals surface area contributed by atoms with Crippen molar-refractivity contribution in [1.29, 1.82) is 0 Å². The molecule has 11 heavy (non-hydrogen) atoms. The first kappa shape index (κ1) is 7.29. The van der Waals surface area contributed by atoms with E-state index in [1.165, 1.54) is 6.42 Å². The first-order chi connectivity index (χ1) is 5.31. The summed E-state index contributed by atoms with van der Waals surface area (Å²) in [6, 6.07) is 0. The van der Waals surface area contributed by atoms with E-state index in [4.69, 9.17) is 5.11 Å². The number of hydrogen-bond donors (Lipinski definition) is 1. The number of ketones is 1. The molecule has 3 fully saturated rings. The van der Waals surface area contributed by atoms with Gasteiger partial charge in [-0.15, -0.1) is 0 Å². The Bertz CT molecular complexity index is 176. The SMILES string of the molecule is O=C1CC2CCC1C(CO)C2. The van der Waals surface area contributed by atoms with Crippen molar-refractivity contribution in [1.82, 2.24) is 0 Å². The number of aliphatic hydroxyl groups excluding tert-OH is 1. The Morgan fingerprint density at radius 2 is 2.27 bits per heavy atom. The summed E-state index contributed by atoms with van der Waals surface area (Å²) in [4.78, 5) is 11.3. The van der Waals surface area contributed by atoms with Crippen molar-refractivity contribution in [3.8, 4) is 0 Å². The minimum absolute atomic E-state index is 0.213. The lowest BCUT2D eigenvalue weighted by molar-refractivity contribution is -0.133. The van der Waals surface area contributed by atoms with Crippen LogP contribution in [0.25, 0.3) is 0 Å². The highest BCUT2D eigenvalue weighted by molar-refractivity contribution is 5.83. The molecule has 62 valence electrons. The minimum atomic E-state index is 0.213. The topological polar surface area (TPSA) is 37.3 Å². The molecule has 3 rings (SSSR count). The molecular weight excluding hydrogens is 140 g/mol. The van der Waals surface area contributed by atoms with Crippen LogP contribution in [0.15, 0.2) is 0 Å². The van der Waals surface area contributed by atoms with Crippen LogP contribution >= 0.6 is 0 Å². The number of fused-ring (bicyclic) bond motifs is 3. The zero-order valence-electron chi connectivity index (χ0n) is 6.62. The van der Waals surface area contributed by atoms with E-state index in [2.05, 4.69) is 0 Å². The lowest BCUT2D eigenvalue weighted by Gasteiger charge is -2.40. The van der Waals surface area contributed by atoms with Gasteiger partial charge in [0.1, 0.15) is 5.78 Å². The molecule has 0 aromatic heterocycles. The summed E-state index contributed by atoms with van der Waals surface area (Å²) in [6.45, 7) is 0.215. The van der Waals surface area contributed by atoms with Gasteiger partial charge in [0.05, 0.1) is 0 Å². The summed E-state index contributed by atoms with van der Waals surface area (Å²) in [5.74, 6) is 1.52. The van der Waals surface area contributed by atoms with Gasteiger partial charge in [-0.05, 0) is 31.1 Å². The number of hydrogen-bond acceptors (Lipinski definition) is 2. The van der Waals surface area contributed by atoms with Crippen molar-refractivity contribution in [3.05, 3.63) is 0 Å². The fourth-order valence-corrected chi connectivity index (χ4v) is 2.61. The molecule has 0 spiro atoms. The maximum atomic E-state index is 11.3. The van der Waals surface area contributed by atoms with Crippen molar-refractivity contribution >= 4 is 5.78 Å². The van der Waals surface area contributed by atoms with Gasteiger partial charge in [0.25, 0.3) is 0 Å². The van der Waals surface area contributed by atoms with Gasteiger partial charge in [-0.3, -0.25) is 4.79 Å². The maximum absolute atomic E-state index is 11.3. The molecule has 3 saturated carbocycles. The van der Waals surface area contributed by atoms with Gasteiger partial charge in [-0.25, -0.2) is 0 Å². The Morgan fingerprint density at radius 1 is 1.45 bits per heavy atom. The predicted octanol–water partition coefficient (Wildman–Crippen LogP) is 0.984. The first-order valence-corrected chi connectivity index (χ1v) is 4.45. The first-order valence-electron chi connectivity index (χ1n) is 4.45. The van der Waals surface area contributed by atoms with Crippen molar-refractivity contribution in [3.63, 3.8) is 0 Å². The smallest absolute Gasteiger partial charge is 0.136 e. The molecule has 0 heterocycles. The Morgan fingerprint density at radius 3 is 2.73 bits per heavy atom. The highest BCUT2D eigenvalue weighted by atomic mass is 16.3. The predicted molar refractivity (Wildman–Crippen MR) is 41.0 cm³/mol. The van der Waals surface area contributed by atoms with Crippen LogP contribution in [0, 0.1) is 17.8 Å². The molecule has 3 unspecified atom stereocenters. The maximum Gasteiger partial charge on any atom is 0.136 e. The van der Waals surface area contributed by atoms with Crippen LogP contribution in [-0.2, 0) is 4.79 Å². The Hall–Kier alpha value is -0.370. The van der Waals surface area contributed by atoms with Crippen LogP contribution in [-0.4, -0.2) is 17.5 Å². The van der Waals surface area contributed by atoms with Crippen molar-refractivity contribution in [2.24, 2.45) is 17.8 Å². The number of aliphatic hydroxyl groups is 1. The zero-order chi connectivity index (χ0) is 7.84. The highest BCUT2D eigenvalue weighted by Crippen LogP contribution is 2.42. The summed E-state index contributed by atoms with van der Waals surface area (Å²) >= 11 is 0. The molecule has 2 heteroatoms. The highest BCUT2D eigenvalue weighted by Gasteiger charge is 2.40. The normalized spacial score (nSPS) is 43.0. The second-order valence-electron chi connectivity index (χ2n) is 3.90. The van der Waals surface area contributed by atoms with Crippen LogP contribution in [0.1, 0.15) is 25.7 Å². The summed E-state index contributed by atoms with van der Waals surface area (Å²) in [5, 5.41) is 8.98. The summed E-state index contributed by atoms with van der Waals surface area (Å²) in [5.41, 5.74) is 0. The van der Waals surface area contributed by atoms with Gasteiger partial charge in [-0.1, -0.05) is 0 Å². The summed E-state index contributed by atoms with van der Waals surface area (Å²) < 4.78 is 0. The quantitative estimate of drug-likeness (QED) is 0.611. The largest absolute Gasteiger partial charge is 0.396 e. The third kappa shape index (κ3) is 1.09. The van der Waals surface area contributed by atoms with E-state index < -0.39 is 0 Å². The average Bonchev–Trinajstić information content (AvgIpc) is 2.04. The number of carbonyl (C=O) groups excluding carboxylic acids is 1. The van der Waals surface area contributed by atoms with Gasteiger partial charge >= 0.3 is 0 Å². The van der Waals surface area contributed by atoms with E-state index in [0.717, 1.165) is 19.3 Å². The number of carbonyl (C=O) groups is 1. The zero-order valence-corrected chi connectivity index (χ0v) is 6.62. The van der Waals surface area contributed by atoms with Gasteiger partial charge in [-0.2, -0.15) is 0 Å². The Balaban J connectivity index is 2.13. The van der Waals surface area contributed by atoms with Crippen LogP contribution in [0.2, 0.25) is 0 Å². The van der Waals surface area contributed by atoms with E-state index in [0.29, 0.717) is 17.6 Å². The van der Waals surface area contributed by atoms with E-state index >= 15 is 0 Å². The third-order valence-electron chi connectivity index (χ3n) is 3.23. The lowest BCUT2D eigenvalue weighted by Crippen LogP contribution is -2.39. The molecule has 0 aliphatic heterocycles. The molecule has 0 aromatic carbocycles. The second-order valence-corrected chi connectivity index (χ2v) is 3.90. The average molecular weight is 154 g/mol. The summed E-state index contributed by atoms with van der Waals surface area (Å²) in [7, 11) is 0. The van der Waals surface area contributed by atoms with Gasteiger partial charge in [0.2, 0.25) is 0 Å². The molecule has 3 atom stereocenters. The molecule has 0 aromatic rings. The van der Waals surface area contributed by atoms with Crippen molar-refractivity contribution in [2.75, 3.05) is 6.61 Å². The van der Waals surface area contributed by atoms with Crippen LogP contribution in [0.4, 0.5) is 0 Å². The third-order valence-corrected chi connectivity index (χ3v) is 3.23. The molecule has 0 amide bonds. The fourth-order valence-electron chi connectivity index (χ4n) is 2.61. The van der Waals surface area contributed by atoms with E-state index in [1.807, 2.05) is 0 Å². The van der Waals surface area contributed by atoms with Crippen molar-refractivity contribution < 1.29 is 9.90 Å².